The Morgan fingerprint density at radius 3 is 2.42 bits per heavy atom. The number of aromatic nitrogens is 2. The summed E-state index contributed by atoms with van der Waals surface area (Å²) in [5.74, 6) is 0.732. The van der Waals surface area contributed by atoms with Crippen LogP contribution in [-0.2, 0) is 22.4 Å². The van der Waals surface area contributed by atoms with E-state index < -0.39 is 24.6 Å². The smallest absolute Gasteiger partial charge is 0.410 e. The molecule has 0 spiro atoms. The number of carbonyl (C=O) groups is 2. The number of ether oxygens (including phenoxy) is 2. The Kier molecular flexibility index (Phi) is 9.69. The van der Waals surface area contributed by atoms with Crippen molar-refractivity contribution in [2.24, 2.45) is 5.92 Å². The maximum atomic E-state index is 12.4. The van der Waals surface area contributed by atoms with Gasteiger partial charge in [-0.15, -0.1) is 0 Å². The molecule has 9 nitrogen and oxygen atoms in total. The lowest BCUT2D eigenvalue weighted by Crippen LogP contribution is -2.38. The van der Waals surface area contributed by atoms with Crippen molar-refractivity contribution in [1.29, 1.82) is 0 Å². The lowest BCUT2D eigenvalue weighted by Gasteiger charge is -2.27. The van der Waals surface area contributed by atoms with Crippen LogP contribution in [-0.4, -0.2) is 52.0 Å². The van der Waals surface area contributed by atoms with E-state index in [9.17, 15) is 14.7 Å². The number of amides is 1. The molecule has 1 unspecified atom stereocenters. The number of hydrogen-bond donors (Lipinski definition) is 1. The van der Waals surface area contributed by atoms with Crippen molar-refractivity contribution < 1.29 is 28.7 Å². The van der Waals surface area contributed by atoms with Crippen LogP contribution in [0.15, 0.2) is 53.1 Å². The minimum atomic E-state index is -1.11. The molecule has 2 aromatic carbocycles. The highest BCUT2D eigenvalue weighted by Crippen LogP contribution is 2.24. The molecule has 1 atom stereocenters. The number of aliphatic carboxylic acids is 1. The summed E-state index contributed by atoms with van der Waals surface area (Å²) < 4.78 is 16.3. The fourth-order valence-corrected chi connectivity index (χ4v) is 3.48. The molecule has 0 saturated carbocycles. The van der Waals surface area contributed by atoms with Crippen molar-refractivity contribution in [3.8, 4) is 5.75 Å². The summed E-state index contributed by atoms with van der Waals surface area (Å²) in [6, 6.07) is 14.1. The lowest BCUT2D eigenvalue weighted by molar-refractivity contribution is -0.138. The van der Waals surface area contributed by atoms with Crippen LogP contribution >= 0.6 is 11.6 Å². The van der Waals surface area contributed by atoms with Gasteiger partial charge >= 0.3 is 12.1 Å². The summed E-state index contributed by atoms with van der Waals surface area (Å²) in [6.07, 6.45) is 0.333. The summed E-state index contributed by atoms with van der Waals surface area (Å²) in [6.45, 7) is 5.69. The highest BCUT2D eigenvalue weighted by Gasteiger charge is 2.25. The van der Waals surface area contributed by atoms with E-state index in [-0.39, 0.29) is 12.5 Å². The maximum Gasteiger partial charge on any atom is 0.410 e. The number of hydrogen-bond acceptors (Lipinski definition) is 7. The number of carboxylic acids is 1. The quantitative estimate of drug-likeness (QED) is 0.351. The molecule has 0 bridgehead atoms. The molecular formula is C26H30ClN3O6. The van der Waals surface area contributed by atoms with Gasteiger partial charge in [0.15, 0.2) is 5.82 Å². The van der Waals surface area contributed by atoms with Crippen molar-refractivity contribution in [2.45, 2.75) is 39.7 Å². The van der Waals surface area contributed by atoms with E-state index >= 15 is 0 Å². The van der Waals surface area contributed by atoms with E-state index in [1.165, 1.54) is 4.90 Å². The van der Waals surface area contributed by atoms with Gasteiger partial charge in [-0.1, -0.05) is 54.9 Å². The van der Waals surface area contributed by atoms with E-state index in [1.807, 2.05) is 38.1 Å². The van der Waals surface area contributed by atoms with Gasteiger partial charge in [0.05, 0.1) is 25.7 Å². The van der Waals surface area contributed by atoms with E-state index in [4.69, 9.17) is 25.6 Å². The molecule has 0 radical (unpaired) electrons. The Bertz CT molecular complexity index is 1130. The molecule has 1 amide bonds. The predicted octanol–water partition coefficient (Wildman–Crippen LogP) is 5.18. The Morgan fingerprint density at radius 1 is 1.08 bits per heavy atom. The van der Waals surface area contributed by atoms with Gasteiger partial charge in [0, 0.05) is 11.4 Å². The lowest BCUT2D eigenvalue weighted by atomic mass is 10.1. The SMILES string of the molecule is CC(C)COC(=O)N(CC(=O)O)C(C)c1ccc(OCCc2noc(Cc3ccc(Cl)cc3)n2)cc1. The zero-order valence-electron chi connectivity index (χ0n) is 20.5. The molecule has 0 aliphatic rings. The van der Waals surface area contributed by atoms with Gasteiger partial charge in [-0.2, -0.15) is 4.98 Å². The summed E-state index contributed by atoms with van der Waals surface area (Å²) in [4.78, 5) is 29.3. The van der Waals surface area contributed by atoms with E-state index in [2.05, 4.69) is 10.1 Å². The zero-order chi connectivity index (χ0) is 26.1. The second kappa shape index (κ2) is 12.9. The summed E-state index contributed by atoms with van der Waals surface area (Å²) in [5.41, 5.74) is 1.78. The molecule has 36 heavy (non-hydrogen) atoms. The van der Waals surface area contributed by atoms with Crippen LogP contribution in [0.5, 0.6) is 5.75 Å². The van der Waals surface area contributed by atoms with Gasteiger partial charge < -0.3 is 19.1 Å². The van der Waals surface area contributed by atoms with Crippen LogP contribution in [0.1, 0.15) is 49.7 Å². The molecule has 10 heteroatoms. The normalized spacial score (nSPS) is 11.8. The Balaban J connectivity index is 1.52. The fraction of sp³-hybridized carbons (Fsp3) is 0.385. The molecular weight excluding hydrogens is 486 g/mol. The highest BCUT2D eigenvalue weighted by atomic mass is 35.5. The van der Waals surface area contributed by atoms with Crippen LogP contribution in [0.25, 0.3) is 0 Å². The first-order chi connectivity index (χ1) is 17.2. The first-order valence-corrected chi connectivity index (χ1v) is 12.0. The fourth-order valence-electron chi connectivity index (χ4n) is 3.35. The molecule has 1 aromatic heterocycles. The number of halogens is 1. The maximum absolute atomic E-state index is 12.4. The van der Waals surface area contributed by atoms with E-state index in [1.54, 1.807) is 31.2 Å². The monoisotopic (exact) mass is 515 g/mol. The van der Waals surface area contributed by atoms with Crippen LogP contribution < -0.4 is 4.74 Å². The van der Waals surface area contributed by atoms with Crippen molar-refractivity contribution in [3.05, 3.63) is 76.4 Å². The minimum Gasteiger partial charge on any atom is -0.493 e. The third-order valence-corrected chi connectivity index (χ3v) is 5.54. The van der Waals surface area contributed by atoms with Crippen LogP contribution in [0.3, 0.4) is 0 Å². The molecule has 3 rings (SSSR count). The Morgan fingerprint density at radius 2 is 1.78 bits per heavy atom. The largest absolute Gasteiger partial charge is 0.493 e. The predicted molar refractivity (Wildman–Crippen MR) is 133 cm³/mol. The summed E-state index contributed by atoms with van der Waals surface area (Å²) >= 11 is 5.91. The molecule has 1 N–H and O–H groups in total. The minimum absolute atomic E-state index is 0.148. The van der Waals surface area contributed by atoms with Crippen LogP contribution in [0, 0.1) is 5.92 Å². The number of carbonyl (C=O) groups excluding carboxylic acids is 1. The van der Waals surface area contributed by atoms with Crippen molar-refractivity contribution in [1.82, 2.24) is 15.0 Å². The van der Waals surface area contributed by atoms with Gasteiger partial charge in [0.25, 0.3) is 0 Å². The number of carboxylic acid groups (broad SMARTS) is 1. The first-order valence-electron chi connectivity index (χ1n) is 11.6. The molecule has 0 aliphatic carbocycles. The van der Waals surface area contributed by atoms with E-state index in [0.29, 0.717) is 41.9 Å². The standard InChI is InChI=1S/C26H30ClN3O6/c1-17(2)16-35-26(33)30(15-25(31)32)18(3)20-6-10-22(11-7-20)34-13-12-23-28-24(36-29-23)14-19-4-8-21(27)9-5-19/h4-11,17-18H,12-16H2,1-3H3,(H,31,32). The van der Waals surface area contributed by atoms with Crippen LogP contribution in [0.4, 0.5) is 4.79 Å². The first kappa shape index (κ1) is 27.0. The van der Waals surface area contributed by atoms with Crippen molar-refractivity contribution in [3.63, 3.8) is 0 Å². The van der Waals surface area contributed by atoms with Crippen molar-refractivity contribution in [2.75, 3.05) is 19.8 Å². The highest BCUT2D eigenvalue weighted by molar-refractivity contribution is 6.30. The Labute approximate surface area is 215 Å². The van der Waals surface area contributed by atoms with Gasteiger partial charge in [0.1, 0.15) is 12.3 Å². The summed E-state index contributed by atoms with van der Waals surface area (Å²) in [5, 5.41) is 13.9. The second-order valence-electron chi connectivity index (χ2n) is 8.74. The number of rotatable bonds is 12. The number of nitrogens with zero attached hydrogens (tertiary/aromatic N) is 3. The van der Waals surface area contributed by atoms with Gasteiger partial charge in [-0.05, 0) is 48.2 Å². The third-order valence-electron chi connectivity index (χ3n) is 5.28. The van der Waals surface area contributed by atoms with Gasteiger partial charge in [0.2, 0.25) is 5.89 Å². The van der Waals surface area contributed by atoms with Gasteiger partial charge in [-0.25, -0.2) is 4.79 Å². The average molecular weight is 516 g/mol. The van der Waals surface area contributed by atoms with Crippen molar-refractivity contribution >= 4 is 23.7 Å². The molecule has 3 aromatic rings. The number of benzene rings is 2. The topological polar surface area (TPSA) is 115 Å². The average Bonchev–Trinajstić information content (AvgIpc) is 3.29. The molecule has 0 fully saturated rings. The van der Waals surface area contributed by atoms with Gasteiger partial charge in [-0.3, -0.25) is 9.69 Å². The second-order valence-corrected chi connectivity index (χ2v) is 9.18. The molecule has 192 valence electrons. The Hall–Kier alpha value is -3.59. The molecule has 0 saturated heterocycles. The van der Waals surface area contributed by atoms with E-state index in [0.717, 1.165) is 11.1 Å². The molecule has 0 aliphatic heterocycles. The van der Waals surface area contributed by atoms with Crippen LogP contribution in [0.2, 0.25) is 5.02 Å². The molecule has 1 heterocycles. The third kappa shape index (κ3) is 8.27. The zero-order valence-corrected chi connectivity index (χ0v) is 21.3. The summed E-state index contributed by atoms with van der Waals surface area (Å²) in [7, 11) is 0.